The predicted molar refractivity (Wildman–Crippen MR) is 58.4 cm³/mol. The molecule has 74 valence electrons. The highest BCUT2D eigenvalue weighted by atomic mass is 16.3. The Morgan fingerprint density at radius 2 is 1.67 bits per heavy atom. The van der Waals surface area contributed by atoms with E-state index in [4.69, 9.17) is 0 Å². The Balaban J connectivity index is 2.57. The number of carbonyl (C=O) groups is 1. The number of aromatic hydroxyl groups is 1. The highest BCUT2D eigenvalue weighted by Crippen LogP contribution is 2.37. The van der Waals surface area contributed by atoms with Gasteiger partial charge in [-0.05, 0) is 35.4 Å². The molecule has 3 rings (SSSR count). The van der Waals surface area contributed by atoms with Gasteiger partial charge in [-0.1, -0.05) is 18.2 Å². The molecule has 0 saturated carbocycles. The van der Waals surface area contributed by atoms with Crippen LogP contribution in [0.25, 0.3) is 10.8 Å². The number of rotatable bonds is 1. The second-order valence-corrected chi connectivity index (χ2v) is 3.93. The lowest BCUT2D eigenvalue weighted by Crippen LogP contribution is -1.87. The van der Waals surface area contributed by atoms with Crippen molar-refractivity contribution < 1.29 is 9.90 Å². The van der Waals surface area contributed by atoms with E-state index in [1.54, 1.807) is 12.1 Å². The Kier molecular flexibility index (Phi) is 1.60. The molecule has 2 aromatic rings. The van der Waals surface area contributed by atoms with Gasteiger partial charge in [-0.15, -0.1) is 0 Å². The summed E-state index contributed by atoms with van der Waals surface area (Å²) in [7, 11) is 0. The molecule has 0 aromatic heterocycles. The zero-order chi connectivity index (χ0) is 10.4. The monoisotopic (exact) mass is 198 g/mol. The number of phenols is 1. The lowest BCUT2D eigenvalue weighted by molar-refractivity contribution is 0.112. The second-order valence-electron chi connectivity index (χ2n) is 3.93. The van der Waals surface area contributed by atoms with Gasteiger partial charge in [-0.25, -0.2) is 0 Å². The van der Waals surface area contributed by atoms with Crippen molar-refractivity contribution in [1.29, 1.82) is 0 Å². The van der Waals surface area contributed by atoms with Gasteiger partial charge in [0.15, 0.2) is 6.29 Å². The maximum Gasteiger partial charge on any atom is 0.150 e. The number of hydrogen-bond donors (Lipinski definition) is 1. The van der Waals surface area contributed by atoms with E-state index in [9.17, 15) is 9.90 Å². The van der Waals surface area contributed by atoms with Crippen LogP contribution in [0.15, 0.2) is 24.3 Å². The van der Waals surface area contributed by atoms with Crippen molar-refractivity contribution in [3.63, 3.8) is 0 Å². The summed E-state index contributed by atoms with van der Waals surface area (Å²) in [5.74, 6) is 0.208. The normalized spacial score (nSPS) is 13.3. The van der Waals surface area contributed by atoms with Gasteiger partial charge < -0.3 is 5.11 Å². The van der Waals surface area contributed by atoms with E-state index in [1.807, 2.05) is 12.1 Å². The van der Waals surface area contributed by atoms with Gasteiger partial charge in [0.25, 0.3) is 0 Å². The topological polar surface area (TPSA) is 37.3 Å². The van der Waals surface area contributed by atoms with Gasteiger partial charge in [-0.3, -0.25) is 4.79 Å². The molecular formula is C13H10O2. The molecule has 1 N–H and O–H groups in total. The van der Waals surface area contributed by atoms with Crippen LogP contribution >= 0.6 is 0 Å². The first kappa shape index (κ1) is 8.48. The van der Waals surface area contributed by atoms with Gasteiger partial charge >= 0.3 is 0 Å². The fourth-order valence-electron chi connectivity index (χ4n) is 2.44. The summed E-state index contributed by atoms with van der Waals surface area (Å²) < 4.78 is 0. The average molecular weight is 198 g/mol. The summed E-state index contributed by atoms with van der Waals surface area (Å²) >= 11 is 0. The van der Waals surface area contributed by atoms with Crippen LogP contribution in [0, 0.1) is 0 Å². The SMILES string of the molecule is O=Cc1ccc2c3c(ccc(O)c13)CC2. The molecule has 0 bridgehead atoms. The summed E-state index contributed by atoms with van der Waals surface area (Å²) in [6.45, 7) is 0. The molecule has 1 aliphatic rings. The fourth-order valence-corrected chi connectivity index (χ4v) is 2.44. The van der Waals surface area contributed by atoms with Crippen molar-refractivity contribution in [2.24, 2.45) is 0 Å². The minimum absolute atomic E-state index is 0.208. The summed E-state index contributed by atoms with van der Waals surface area (Å²) in [6, 6.07) is 7.41. The molecule has 0 spiro atoms. The molecular weight excluding hydrogens is 188 g/mol. The standard InChI is InChI=1S/C13H10O2/c14-7-10-4-3-8-1-2-9-5-6-11(15)13(10)12(8)9/h3-7,15H,1-2H2. The van der Waals surface area contributed by atoms with Gasteiger partial charge in [0.2, 0.25) is 0 Å². The van der Waals surface area contributed by atoms with Crippen LogP contribution in [0.3, 0.4) is 0 Å². The summed E-state index contributed by atoms with van der Waals surface area (Å²) in [6.07, 6.45) is 2.82. The molecule has 2 aromatic carbocycles. The molecule has 0 atom stereocenters. The lowest BCUT2D eigenvalue weighted by atomic mass is 10.00. The molecule has 2 nitrogen and oxygen atoms in total. The van der Waals surface area contributed by atoms with Crippen LogP contribution in [-0.4, -0.2) is 11.4 Å². The van der Waals surface area contributed by atoms with Crippen molar-refractivity contribution in [2.45, 2.75) is 12.8 Å². The van der Waals surface area contributed by atoms with Crippen molar-refractivity contribution in [1.82, 2.24) is 0 Å². The summed E-state index contributed by atoms with van der Waals surface area (Å²) in [5, 5.41) is 11.6. The molecule has 2 heteroatoms. The number of benzene rings is 2. The van der Waals surface area contributed by atoms with Crippen molar-refractivity contribution >= 4 is 17.1 Å². The Bertz CT molecular complexity index is 560. The first-order valence-corrected chi connectivity index (χ1v) is 5.03. The highest BCUT2D eigenvalue weighted by Gasteiger charge is 2.17. The number of aryl methyl sites for hydroxylation is 2. The number of hydrogen-bond acceptors (Lipinski definition) is 2. The highest BCUT2D eigenvalue weighted by molar-refractivity contribution is 6.05. The Labute approximate surface area is 87.2 Å². The molecule has 1 aliphatic carbocycles. The largest absolute Gasteiger partial charge is 0.507 e. The quantitative estimate of drug-likeness (QED) is 0.714. The number of phenolic OH excluding ortho intramolecular Hbond substituents is 1. The van der Waals surface area contributed by atoms with E-state index in [0.717, 1.165) is 29.9 Å². The molecule has 0 aliphatic heterocycles. The third-order valence-electron chi connectivity index (χ3n) is 3.13. The Morgan fingerprint density at radius 3 is 2.33 bits per heavy atom. The first-order chi connectivity index (χ1) is 7.31. The van der Waals surface area contributed by atoms with Crippen molar-refractivity contribution in [3.8, 4) is 5.75 Å². The van der Waals surface area contributed by atoms with E-state index < -0.39 is 0 Å². The zero-order valence-electron chi connectivity index (χ0n) is 8.16. The van der Waals surface area contributed by atoms with Crippen molar-refractivity contribution in [2.75, 3.05) is 0 Å². The third kappa shape index (κ3) is 1.02. The lowest BCUT2D eigenvalue weighted by Gasteiger charge is -2.06. The first-order valence-electron chi connectivity index (χ1n) is 5.03. The van der Waals surface area contributed by atoms with E-state index in [2.05, 4.69) is 0 Å². The number of carbonyl (C=O) groups excluding carboxylic acids is 1. The molecule has 0 radical (unpaired) electrons. The molecule has 0 unspecified atom stereocenters. The van der Waals surface area contributed by atoms with E-state index in [-0.39, 0.29) is 5.75 Å². The number of aldehydes is 1. The minimum Gasteiger partial charge on any atom is -0.507 e. The average Bonchev–Trinajstić information content (AvgIpc) is 2.68. The van der Waals surface area contributed by atoms with Crippen LogP contribution in [0.1, 0.15) is 21.5 Å². The molecule has 0 fully saturated rings. The van der Waals surface area contributed by atoms with Crippen LogP contribution in [0.5, 0.6) is 5.75 Å². The summed E-state index contributed by atoms with van der Waals surface area (Å²) in [4.78, 5) is 10.9. The smallest absolute Gasteiger partial charge is 0.150 e. The maximum absolute atomic E-state index is 10.9. The van der Waals surface area contributed by atoms with Gasteiger partial charge in [0.05, 0.1) is 0 Å². The summed E-state index contributed by atoms with van der Waals surface area (Å²) in [5.41, 5.74) is 3.05. The predicted octanol–water partition coefficient (Wildman–Crippen LogP) is 2.46. The fraction of sp³-hybridized carbons (Fsp3) is 0.154. The van der Waals surface area contributed by atoms with Gasteiger partial charge in [0, 0.05) is 10.9 Å². The second kappa shape index (κ2) is 2.83. The van der Waals surface area contributed by atoms with Crippen molar-refractivity contribution in [3.05, 3.63) is 41.0 Å². The van der Waals surface area contributed by atoms with Crippen LogP contribution in [-0.2, 0) is 12.8 Å². The Morgan fingerprint density at radius 1 is 1.00 bits per heavy atom. The molecule has 0 saturated heterocycles. The zero-order valence-corrected chi connectivity index (χ0v) is 8.16. The molecule has 0 amide bonds. The maximum atomic E-state index is 10.9. The minimum atomic E-state index is 0.208. The van der Waals surface area contributed by atoms with Crippen LogP contribution in [0.2, 0.25) is 0 Å². The molecule has 15 heavy (non-hydrogen) atoms. The van der Waals surface area contributed by atoms with Gasteiger partial charge in [0.1, 0.15) is 5.75 Å². The molecule has 0 heterocycles. The van der Waals surface area contributed by atoms with E-state index in [0.29, 0.717) is 5.56 Å². The van der Waals surface area contributed by atoms with Crippen LogP contribution < -0.4 is 0 Å². The third-order valence-corrected chi connectivity index (χ3v) is 3.13. The Hall–Kier alpha value is -1.83. The van der Waals surface area contributed by atoms with E-state index >= 15 is 0 Å². The van der Waals surface area contributed by atoms with Gasteiger partial charge in [-0.2, -0.15) is 0 Å². The van der Waals surface area contributed by atoms with E-state index in [1.165, 1.54) is 11.1 Å². The van der Waals surface area contributed by atoms with Crippen LogP contribution in [0.4, 0.5) is 0 Å².